The molecule has 0 radical (unpaired) electrons. The maximum Gasteiger partial charge on any atom is 0.321 e. The number of carboxylic acids is 1. The molecule has 1 aromatic heterocycles. The molecule has 0 spiro atoms. The molecule has 3 nitrogen and oxygen atoms in total. The van der Waals surface area contributed by atoms with Gasteiger partial charge in [0, 0.05) is 11.4 Å². The number of aliphatic carboxylic acids is 1. The number of hydrogen-bond acceptors (Lipinski definition) is 3. The second kappa shape index (κ2) is 5.98. The van der Waals surface area contributed by atoms with Gasteiger partial charge in [-0.1, -0.05) is 18.2 Å². The van der Waals surface area contributed by atoms with E-state index in [9.17, 15) is 9.90 Å². The highest BCUT2D eigenvalue weighted by Gasteiger charge is 2.27. The van der Waals surface area contributed by atoms with Crippen LogP contribution in [0.4, 0.5) is 0 Å². The van der Waals surface area contributed by atoms with Crippen molar-refractivity contribution in [2.45, 2.75) is 31.8 Å². The Kier molecular flexibility index (Phi) is 4.34. The summed E-state index contributed by atoms with van der Waals surface area (Å²) in [6.07, 6.45) is 7.06. The largest absolute Gasteiger partial charge is 0.480 e. The lowest BCUT2D eigenvalue weighted by atomic mass is 9.87. The summed E-state index contributed by atoms with van der Waals surface area (Å²) in [6.45, 7) is 0.648. The van der Waals surface area contributed by atoms with E-state index >= 15 is 0 Å². The minimum absolute atomic E-state index is 0.220. The molecule has 92 valence electrons. The van der Waals surface area contributed by atoms with Gasteiger partial charge in [-0.15, -0.1) is 11.3 Å². The molecule has 17 heavy (non-hydrogen) atoms. The van der Waals surface area contributed by atoms with Crippen LogP contribution in [0.2, 0.25) is 0 Å². The Bertz CT molecular complexity index is 386. The lowest BCUT2D eigenvalue weighted by Gasteiger charge is -2.25. The molecule has 1 heterocycles. The fourth-order valence-corrected chi connectivity index (χ4v) is 2.85. The molecule has 4 heteroatoms. The van der Waals surface area contributed by atoms with Crippen LogP contribution in [-0.4, -0.2) is 17.1 Å². The molecule has 2 rings (SSSR count). The van der Waals surface area contributed by atoms with E-state index in [0.29, 0.717) is 6.54 Å². The number of carboxylic acid groups (broad SMARTS) is 1. The molecule has 0 aliphatic heterocycles. The van der Waals surface area contributed by atoms with Crippen LogP contribution in [0.3, 0.4) is 0 Å². The SMILES string of the molecule is O=C(O)C(NCc1cccs1)C1CC=CCC1. The predicted octanol–water partition coefficient (Wildman–Crippen LogP) is 2.65. The van der Waals surface area contributed by atoms with Gasteiger partial charge in [0.05, 0.1) is 0 Å². The molecule has 2 unspecified atom stereocenters. The van der Waals surface area contributed by atoms with Crippen molar-refractivity contribution in [3.63, 3.8) is 0 Å². The van der Waals surface area contributed by atoms with E-state index in [0.717, 1.165) is 19.3 Å². The van der Waals surface area contributed by atoms with Gasteiger partial charge in [-0.05, 0) is 36.6 Å². The monoisotopic (exact) mass is 251 g/mol. The lowest BCUT2D eigenvalue weighted by molar-refractivity contribution is -0.141. The summed E-state index contributed by atoms with van der Waals surface area (Å²) in [6, 6.07) is 3.58. The van der Waals surface area contributed by atoms with E-state index in [1.807, 2.05) is 17.5 Å². The van der Waals surface area contributed by atoms with Crippen molar-refractivity contribution in [2.24, 2.45) is 5.92 Å². The van der Waals surface area contributed by atoms with Gasteiger partial charge >= 0.3 is 5.97 Å². The topological polar surface area (TPSA) is 49.3 Å². The van der Waals surface area contributed by atoms with Crippen molar-refractivity contribution >= 4 is 17.3 Å². The molecule has 1 aliphatic rings. The fourth-order valence-electron chi connectivity index (χ4n) is 2.20. The molecule has 2 atom stereocenters. The Labute approximate surface area is 105 Å². The number of allylic oxidation sites excluding steroid dienone is 2. The molecule has 0 saturated heterocycles. The van der Waals surface area contributed by atoms with Gasteiger partial charge in [-0.2, -0.15) is 0 Å². The van der Waals surface area contributed by atoms with Crippen LogP contribution in [0.5, 0.6) is 0 Å². The standard InChI is InChI=1S/C13H17NO2S/c15-13(16)12(10-5-2-1-3-6-10)14-9-11-7-4-8-17-11/h1-2,4,7-8,10,12,14H,3,5-6,9H2,(H,15,16). The predicted molar refractivity (Wildman–Crippen MR) is 69.1 cm³/mol. The Hall–Kier alpha value is -1.13. The van der Waals surface area contributed by atoms with Crippen LogP contribution in [0.15, 0.2) is 29.7 Å². The van der Waals surface area contributed by atoms with E-state index < -0.39 is 12.0 Å². The van der Waals surface area contributed by atoms with Crippen LogP contribution >= 0.6 is 11.3 Å². The van der Waals surface area contributed by atoms with Gasteiger partial charge in [0.15, 0.2) is 0 Å². The van der Waals surface area contributed by atoms with Crippen LogP contribution < -0.4 is 5.32 Å². The summed E-state index contributed by atoms with van der Waals surface area (Å²) in [5.74, 6) is -0.515. The van der Waals surface area contributed by atoms with Gasteiger partial charge in [-0.3, -0.25) is 10.1 Å². The highest BCUT2D eigenvalue weighted by molar-refractivity contribution is 7.09. The number of rotatable bonds is 5. The molecular formula is C13H17NO2S. The summed E-state index contributed by atoms with van der Waals surface area (Å²) in [4.78, 5) is 12.5. The van der Waals surface area contributed by atoms with Crippen LogP contribution in [0.1, 0.15) is 24.1 Å². The minimum Gasteiger partial charge on any atom is -0.480 e. The zero-order valence-corrected chi connectivity index (χ0v) is 10.5. The van der Waals surface area contributed by atoms with Gasteiger partial charge in [0.25, 0.3) is 0 Å². The molecular weight excluding hydrogens is 234 g/mol. The lowest BCUT2D eigenvalue weighted by Crippen LogP contribution is -2.42. The molecule has 0 aromatic carbocycles. The van der Waals surface area contributed by atoms with E-state index in [1.165, 1.54) is 4.88 Å². The summed E-state index contributed by atoms with van der Waals surface area (Å²) >= 11 is 1.65. The normalized spacial score (nSPS) is 21.3. The first-order chi connectivity index (χ1) is 8.27. The number of carbonyl (C=O) groups is 1. The first-order valence-corrected chi connectivity index (χ1v) is 6.79. The van der Waals surface area contributed by atoms with Gasteiger partial charge in [0.2, 0.25) is 0 Å². The summed E-state index contributed by atoms with van der Waals surface area (Å²) < 4.78 is 0. The van der Waals surface area contributed by atoms with E-state index in [-0.39, 0.29) is 5.92 Å². The third-order valence-electron chi connectivity index (χ3n) is 3.12. The third kappa shape index (κ3) is 3.41. The maximum absolute atomic E-state index is 11.3. The van der Waals surface area contributed by atoms with Gasteiger partial charge in [0.1, 0.15) is 6.04 Å². The Morgan fingerprint density at radius 2 is 2.47 bits per heavy atom. The number of hydrogen-bond donors (Lipinski definition) is 2. The highest BCUT2D eigenvalue weighted by Crippen LogP contribution is 2.22. The Morgan fingerprint density at radius 1 is 1.59 bits per heavy atom. The van der Waals surface area contributed by atoms with Crippen LogP contribution in [-0.2, 0) is 11.3 Å². The maximum atomic E-state index is 11.3. The summed E-state index contributed by atoms with van der Waals surface area (Å²) in [5, 5.41) is 14.4. The van der Waals surface area contributed by atoms with E-state index in [4.69, 9.17) is 0 Å². The first kappa shape index (κ1) is 12.3. The third-order valence-corrected chi connectivity index (χ3v) is 4.00. The van der Waals surface area contributed by atoms with Gasteiger partial charge < -0.3 is 5.11 Å². The quantitative estimate of drug-likeness (QED) is 0.791. The average Bonchev–Trinajstić information content (AvgIpc) is 2.83. The first-order valence-electron chi connectivity index (χ1n) is 5.91. The minimum atomic E-state index is -0.734. The Balaban J connectivity index is 1.92. The molecule has 0 saturated carbocycles. The van der Waals surface area contributed by atoms with Crippen LogP contribution in [0.25, 0.3) is 0 Å². The van der Waals surface area contributed by atoms with Crippen molar-refractivity contribution in [3.05, 3.63) is 34.5 Å². The zero-order chi connectivity index (χ0) is 12.1. The molecule has 1 aromatic rings. The Morgan fingerprint density at radius 3 is 3.06 bits per heavy atom. The molecule has 0 bridgehead atoms. The van der Waals surface area contributed by atoms with Crippen molar-refractivity contribution in [1.82, 2.24) is 5.32 Å². The smallest absolute Gasteiger partial charge is 0.321 e. The average molecular weight is 251 g/mol. The molecule has 0 amide bonds. The number of nitrogens with one attached hydrogen (secondary N) is 1. The van der Waals surface area contributed by atoms with Crippen molar-refractivity contribution < 1.29 is 9.90 Å². The van der Waals surface area contributed by atoms with E-state index in [1.54, 1.807) is 11.3 Å². The van der Waals surface area contributed by atoms with Gasteiger partial charge in [-0.25, -0.2) is 0 Å². The highest BCUT2D eigenvalue weighted by atomic mass is 32.1. The second-order valence-electron chi connectivity index (χ2n) is 4.32. The van der Waals surface area contributed by atoms with Crippen molar-refractivity contribution in [1.29, 1.82) is 0 Å². The fraction of sp³-hybridized carbons (Fsp3) is 0.462. The van der Waals surface area contributed by atoms with Crippen molar-refractivity contribution in [3.8, 4) is 0 Å². The number of thiophene rings is 1. The summed E-state index contributed by atoms with van der Waals surface area (Å²) in [5.41, 5.74) is 0. The van der Waals surface area contributed by atoms with Crippen LogP contribution in [0, 0.1) is 5.92 Å². The molecule has 2 N–H and O–H groups in total. The second-order valence-corrected chi connectivity index (χ2v) is 5.35. The van der Waals surface area contributed by atoms with E-state index in [2.05, 4.69) is 17.5 Å². The molecule has 0 fully saturated rings. The zero-order valence-electron chi connectivity index (χ0n) is 9.63. The summed E-state index contributed by atoms with van der Waals surface area (Å²) in [7, 11) is 0. The molecule has 1 aliphatic carbocycles. The van der Waals surface area contributed by atoms with Crippen molar-refractivity contribution in [2.75, 3.05) is 0 Å².